The van der Waals surface area contributed by atoms with Crippen LogP contribution in [-0.2, 0) is 17.8 Å². The van der Waals surface area contributed by atoms with Crippen LogP contribution in [0.3, 0.4) is 0 Å². The van der Waals surface area contributed by atoms with E-state index in [-0.39, 0.29) is 5.78 Å². The van der Waals surface area contributed by atoms with Gasteiger partial charge in [0.1, 0.15) is 11.5 Å². The minimum absolute atomic E-state index is 0.182. The fourth-order valence-electron chi connectivity index (χ4n) is 2.27. The quantitative estimate of drug-likeness (QED) is 0.810. The standard InChI is InChI=1S/C14H17NO2/c1-4-15-11(8-10(2)16)9-12-13(15)6-5-7-14(12)17-3/h5-7,9H,4,8H2,1-3H3. The van der Waals surface area contributed by atoms with E-state index < -0.39 is 0 Å². The highest BCUT2D eigenvalue weighted by Crippen LogP contribution is 2.29. The zero-order valence-electron chi connectivity index (χ0n) is 10.5. The Morgan fingerprint density at radius 3 is 2.76 bits per heavy atom. The maximum absolute atomic E-state index is 11.3. The SMILES string of the molecule is CCn1c(CC(C)=O)cc2c(OC)cccc21. The van der Waals surface area contributed by atoms with Gasteiger partial charge >= 0.3 is 0 Å². The summed E-state index contributed by atoms with van der Waals surface area (Å²) in [6.45, 7) is 4.57. The van der Waals surface area contributed by atoms with Gasteiger partial charge in [-0.05, 0) is 32.0 Å². The fourth-order valence-corrected chi connectivity index (χ4v) is 2.27. The second-order valence-electron chi connectivity index (χ2n) is 4.15. The van der Waals surface area contributed by atoms with Gasteiger partial charge in [-0.1, -0.05) is 6.07 Å². The summed E-state index contributed by atoms with van der Waals surface area (Å²) in [4.78, 5) is 11.3. The van der Waals surface area contributed by atoms with Gasteiger partial charge in [-0.15, -0.1) is 0 Å². The van der Waals surface area contributed by atoms with Crippen LogP contribution in [-0.4, -0.2) is 17.5 Å². The first kappa shape index (κ1) is 11.7. The first-order valence-corrected chi connectivity index (χ1v) is 5.82. The van der Waals surface area contributed by atoms with Crippen LogP contribution < -0.4 is 4.74 Å². The predicted octanol–water partition coefficient (Wildman–Crippen LogP) is 2.80. The molecule has 3 nitrogen and oxygen atoms in total. The molecule has 90 valence electrons. The average Bonchev–Trinajstić information content (AvgIpc) is 2.64. The summed E-state index contributed by atoms with van der Waals surface area (Å²) in [5.41, 5.74) is 2.18. The Bertz CT molecular complexity index is 555. The number of ketones is 1. The van der Waals surface area contributed by atoms with Gasteiger partial charge in [0.2, 0.25) is 0 Å². The molecule has 0 spiro atoms. The molecule has 0 fully saturated rings. The van der Waals surface area contributed by atoms with Gasteiger partial charge in [-0.2, -0.15) is 0 Å². The van der Waals surface area contributed by atoms with Crippen molar-refractivity contribution in [1.82, 2.24) is 4.57 Å². The molecule has 1 aromatic heterocycles. The highest BCUT2D eigenvalue weighted by molar-refractivity contribution is 5.89. The first-order valence-electron chi connectivity index (χ1n) is 5.82. The van der Waals surface area contributed by atoms with Crippen LogP contribution in [0.1, 0.15) is 19.5 Å². The first-order chi connectivity index (χ1) is 8.17. The molecular weight excluding hydrogens is 214 g/mol. The van der Waals surface area contributed by atoms with Crippen LogP contribution in [0.15, 0.2) is 24.3 Å². The molecule has 0 atom stereocenters. The van der Waals surface area contributed by atoms with Crippen LogP contribution in [0.5, 0.6) is 5.75 Å². The fraction of sp³-hybridized carbons (Fsp3) is 0.357. The molecule has 0 unspecified atom stereocenters. The Balaban J connectivity index is 2.65. The summed E-state index contributed by atoms with van der Waals surface area (Å²) in [5.74, 6) is 1.04. The average molecular weight is 231 g/mol. The molecule has 0 amide bonds. The lowest BCUT2D eigenvalue weighted by molar-refractivity contribution is -0.116. The minimum Gasteiger partial charge on any atom is -0.496 e. The number of carbonyl (C=O) groups excluding carboxylic acids is 1. The highest BCUT2D eigenvalue weighted by atomic mass is 16.5. The maximum atomic E-state index is 11.3. The maximum Gasteiger partial charge on any atom is 0.135 e. The van der Waals surface area contributed by atoms with E-state index in [4.69, 9.17) is 4.74 Å². The monoisotopic (exact) mass is 231 g/mol. The molecule has 0 aliphatic rings. The lowest BCUT2D eigenvalue weighted by Gasteiger charge is -2.06. The molecule has 0 saturated heterocycles. The normalized spacial score (nSPS) is 10.8. The van der Waals surface area contributed by atoms with Crippen molar-refractivity contribution in [2.45, 2.75) is 26.8 Å². The third kappa shape index (κ3) is 2.05. The Hall–Kier alpha value is -1.77. The Morgan fingerprint density at radius 1 is 1.41 bits per heavy atom. The number of nitrogens with zero attached hydrogens (tertiary/aromatic N) is 1. The van der Waals surface area contributed by atoms with E-state index in [0.29, 0.717) is 6.42 Å². The third-order valence-corrected chi connectivity index (χ3v) is 2.96. The summed E-state index contributed by atoms with van der Waals surface area (Å²) in [5, 5.41) is 1.08. The molecule has 2 rings (SSSR count). The lowest BCUT2D eigenvalue weighted by Crippen LogP contribution is -2.04. The van der Waals surface area contributed by atoms with Crippen molar-refractivity contribution in [3.63, 3.8) is 0 Å². The van der Waals surface area contributed by atoms with E-state index in [1.807, 2.05) is 12.1 Å². The summed E-state index contributed by atoms with van der Waals surface area (Å²) in [6, 6.07) is 8.04. The van der Waals surface area contributed by atoms with Gasteiger partial charge in [-0.25, -0.2) is 0 Å². The number of rotatable bonds is 4. The van der Waals surface area contributed by atoms with Crippen molar-refractivity contribution in [3.8, 4) is 5.75 Å². The van der Waals surface area contributed by atoms with Crippen molar-refractivity contribution < 1.29 is 9.53 Å². The number of Topliss-reactive ketones (excluding diaryl/α,β-unsaturated/α-hetero) is 1. The number of aryl methyl sites for hydroxylation is 1. The second-order valence-corrected chi connectivity index (χ2v) is 4.15. The number of fused-ring (bicyclic) bond motifs is 1. The predicted molar refractivity (Wildman–Crippen MR) is 68.5 cm³/mol. The lowest BCUT2D eigenvalue weighted by atomic mass is 10.2. The van der Waals surface area contributed by atoms with E-state index in [0.717, 1.165) is 28.9 Å². The minimum atomic E-state index is 0.182. The van der Waals surface area contributed by atoms with Crippen molar-refractivity contribution in [2.75, 3.05) is 7.11 Å². The molecule has 0 aliphatic heterocycles. The summed E-state index contributed by atoms with van der Waals surface area (Å²) < 4.78 is 7.51. The van der Waals surface area contributed by atoms with Gasteiger partial charge in [0, 0.05) is 24.0 Å². The smallest absolute Gasteiger partial charge is 0.135 e. The number of hydrogen-bond acceptors (Lipinski definition) is 2. The van der Waals surface area contributed by atoms with Crippen LogP contribution in [0, 0.1) is 0 Å². The van der Waals surface area contributed by atoms with Gasteiger partial charge in [0.25, 0.3) is 0 Å². The Labute approximate surface area is 101 Å². The second kappa shape index (κ2) is 4.62. The van der Waals surface area contributed by atoms with E-state index in [1.165, 1.54) is 0 Å². The van der Waals surface area contributed by atoms with Crippen LogP contribution >= 0.6 is 0 Å². The molecule has 17 heavy (non-hydrogen) atoms. The number of aromatic nitrogens is 1. The van der Waals surface area contributed by atoms with Crippen molar-refractivity contribution in [1.29, 1.82) is 0 Å². The van der Waals surface area contributed by atoms with Crippen molar-refractivity contribution >= 4 is 16.7 Å². The highest BCUT2D eigenvalue weighted by Gasteiger charge is 2.11. The van der Waals surface area contributed by atoms with Crippen LogP contribution in [0.2, 0.25) is 0 Å². The largest absolute Gasteiger partial charge is 0.496 e. The number of benzene rings is 1. The van der Waals surface area contributed by atoms with Crippen molar-refractivity contribution in [3.05, 3.63) is 30.0 Å². The van der Waals surface area contributed by atoms with E-state index in [1.54, 1.807) is 14.0 Å². The molecule has 0 bridgehead atoms. The van der Waals surface area contributed by atoms with Gasteiger partial charge in [-0.3, -0.25) is 4.79 Å². The van der Waals surface area contributed by atoms with Crippen molar-refractivity contribution in [2.24, 2.45) is 0 Å². The number of carbonyl (C=O) groups is 1. The Kier molecular flexibility index (Phi) is 3.18. The molecule has 0 aliphatic carbocycles. The topological polar surface area (TPSA) is 31.2 Å². The van der Waals surface area contributed by atoms with Crippen LogP contribution in [0.4, 0.5) is 0 Å². The molecule has 0 saturated carbocycles. The third-order valence-electron chi connectivity index (χ3n) is 2.96. The molecule has 1 aromatic carbocycles. The zero-order chi connectivity index (χ0) is 12.4. The molecule has 0 radical (unpaired) electrons. The van der Waals surface area contributed by atoms with Gasteiger partial charge in [0.15, 0.2) is 0 Å². The van der Waals surface area contributed by atoms with E-state index in [2.05, 4.69) is 23.6 Å². The summed E-state index contributed by atoms with van der Waals surface area (Å²) in [6.07, 6.45) is 0.478. The molecular formula is C14H17NO2. The van der Waals surface area contributed by atoms with Crippen LogP contribution in [0.25, 0.3) is 10.9 Å². The zero-order valence-corrected chi connectivity index (χ0v) is 10.5. The summed E-state index contributed by atoms with van der Waals surface area (Å²) >= 11 is 0. The molecule has 2 aromatic rings. The number of ether oxygens (including phenoxy) is 1. The number of methoxy groups -OCH3 is 1. The molecule has 1 heterocycles. The Morgan fingerprint density at radius 2 is 2.18 bits per heavy atom. The van der Waals surface area contributed by atoms with E-state index in [9.17, 15) is 4.79 Å². The molecule has 3 heteroatoms. The van der Waals surface area contributed by atoms with Gasteiger partial charge in [0.05, 0.1) is 12.6 Å². The number of hydrogen-bond donors (Lipinski definition) is 0. The van der Waals surface area contributed by atoms with Gasteiger partial charge < -0.3 is 9.30 Å². The molecule has 0 N–H and O–H groups in total. The summed E-state index contributed by atoms with van der Waals surface area (Å²) in [7, 11) is 1.67. The van der Waals surface area contributed by atoms with E-state index >= 15 is 0 Å².